The summed E-state index contributed by atoms with van der Waals surface area (Å²) >= 11 is 12.0. The number of benzene rings is 1. The van der Waals surface area contributed by atoms with Crippen molar-refractivity contribution in [3.63, 3.8) is 0 Å². The van der Waals surface area contributed by atoms with Gasteiger partial charge in [-0.15, -0.1) is 0 Å². The van der Waals surface area contributed by atoms with Crippen molar-refractivity contribution in [2.75, 3.05) is 18.1 Å². The number of nitrogens with zero attached hydrogens (tertiary/aromatic N) is 3. The molecule has 0 fully saturated rings. The van der Waals surface area contributed by atoms with Crippen LogP contribution in [0.1, 0.15) is 18.2 Å². The zero-order valence-electron chi connectivity index (χ0n) is 12.9. The first-order valence-electron chi connectivity index (χ1n) is 6.81. The Morgan fingerprint density at radius 1 is 1.36 bits per heavy atom. The molecule has 1 N–H and O–H groups in total. The van der Waals surface area contributed by atoms with Crippen LogP contribution < -0.4 is 5.32 Å². The van der Waals surface area contributed by atoms with E-state index in [1.807, 2.05) is 6.07 Å². The quantitative estimate of drug-likeness (QED) is 0.817. The number of anilines is 1. The summed E-state index contributed by atoms with van der Waals surface area (Å²) in [6.45, 7) is 1.66. The van der Waals surface area contributed by atoms with Crippen LogP contribution in [0.5, 0.6) is 0 Å². The van der Waals surface area contributed by atoms with E-state index >= 15 is 0 Å². The van der Waals surface area contributed by atoms with Crippen molar-refractivity contribution in [2.45, 2.75) is 18.0 Å². The summed E-state index contributed by atoms with van der Waals surface area (Å²) in [6.07, 6.45) is -4.62. The third-order valence-corrected chi connectivity index (χ3v) is 5.17. The molecule has 5 nitrogen and oxygen atoms in total. The van der Waals surface area contributed by atoms with Crippen LogP contribution in [0, 0.1) is 11.3 Å². The van der Waals surface area contributed by atoms with Crippen molar-refractivity contribution in [3.8, 4) is 11.8 Å². The number of aromatic nitrogens is 2. The Balaban J connectivity index is 2.78. The van der Waals surface area contributed by atoms with Crippen LogP contribution >= 0.6 is 23.2 Å². The molecule has 2 rings (SSSR count). The molecule has 2 aromatic rings. The fraction of sp³-hybridized carbons (Fsp3) is 0.286. The Hall–Kier alpha value is -1.76. The lowest BCUT2D eigenvalue weighted by molar-refractivity contribution is -0.137. The average molecular weight is 411 g/mol. The van der Waals surface area contributed by atoms with Gasteiger partial charge in [-0.05, 0) is 12.1 Å². The van der Waals surface area contributed by atoms with Crippen LogP contribution in [0.25, 0.3) is 5.69 Å². The summed E-state index contributed by atoms with van der Waals surface area (Å²) < 4.78 is 51.9. The number of nitriles is 1. The Morgan fingerprint density at radius 3 is 2.32 bits per heavy atom. The van der Waals surface area contributed by atoms with Crippen molar-refractivity contribution >= 4 is 39.8 Å². The van der Waals surface area contributed by atoms with Crippen LogP contribution in [0.3, 0.4) is 0 Å². The molecule has 25 heavy (non-hydrogen) atoms. The molecule has 0 aliphatic rings. The van der Waals surface area contributed by atoms with Crippen LogP contribution in [0.15, 0.2) is 17.0 Å². The first kappa shape index (κ1) is 19.6. The summed E-state index contributed by atoms with van der Waals surface area (Å²) in [5.74, 6) is 0.393. The molecule has 0 spiro atoms. The van der Waals surface area contributed by atoms with Gasteiger partial charge in [0, 0.05) is 12.8 Å². The first-order valence-corrected chi connectivity index (χ1v) is 8.89. The second kappa shape index (κ2) is 7.23. The molecule has 1 atom stereocenters. The molecule has 11 heteroatoms. The first-order chi connectivity index (χ1) is 11.6. The standard InChI is InChI=1S/C14H11Cl2F3N4OS/c1-3-25(24)12-10(6-20)22-23(13(12)21-2)11-8(15)4-7(5-9(11)16)14(17,18)19/h4-5,21H,3H2,1-2H3. The molecule has 0 aliphatic heterocycles. The zero-order chi connectivity index (χ0) is 18.9. The monoisotopic (exact) mass is 410 g/mol. The Bertz CT molecular complexity index is 866. The number of rotatable bonds is 4. The van der Waals surface area contributed by atoms with Crippen molar-refractivity contribution in [1.29, 1.82) is 5.26 Å². The van der Waals surface area contributed by atoms with Gasteiger partial charge in [-0.2, -0.15) is 23.5 Å². The SMILES string of the molecule is CCS(=O)c1c(C#N)nn(-c2c(Cl)cc(C(F)(F)F)cc2Cl)c1NC. The van der Waals surface area contributed by atoms with Gasteiger partial charge < -0.3 is 5.32 Å². The largest absolute Gasteiger partial charge is 0.416 e. The van der Waals surface area contributed by atoms with Gasteiger partial charge >= 0.3 is 6.18 Å². The van der Waals surface area contributed by atoms with E-state index in [0.717, 1.165) is 4.68 Å². The number of hydrogen-bond donors (Lipinski definition) is 1. The lowest BCUT2D eigenvalue weighted by Crippen LogP contribution is -2.09. The molecule has 0 amide bonds. The highest BCUT2D eigenvalue weighted by Crippen LogP contribution is 2.39. The van der Waals surface area contributed by atoms with E-state index in [-0.39, 0.29) is 37.9 Å². The maximum Gasteiger partial charge on any atom is 0.416 e. The minimum absolute atomic E-state index is 0.0449. The van der Waals surface area contributed by atoms with E-state index in [1.165, 1.54) is 7.05 Å². The van der Waals surface area contributed by atoms with Crippen LogP contribution in [-0.2, 0) is 17.0 Å². The summed E-state index contributed by atoms with van der Waals surface area (Å²) in [6, 6.07) is 3.25. The van der Waals surface area contributed by atoms with Crippen molar-refractivity contribution < 1.29 is 17.4 Å². The van der Waals surface area contributed by atoms with Crippen molar-refractivity contribution in [1.82, 2.24) is 9.78 Å². The minimum Gasteiger partial charge on any atom is -0.372 e. The number of alkyl halides is 3. The molecule has 0 bridgehead atoms. The normalized spacial score (nSPS) is 12.7. The lowest BCUT2D eigenvalue weighted by Gasteiger charge is -2.14. The molecule has 1 unspecified atom stereocenters. The molecular formula is C14H11Cl2F3N4OS. The van der Waals surface area contributed by atoms with Gasteiger partial charge in [0.05, 0.1) is 26.4 Å². The van der Waals surface area contributed by atoms with Gasteiger partial charge in [-0.1, -0.05) is 30.1 Å². The Kier molecular flexibility index (Phi) is 5.66. The summed E-state index contributed by atoms with van der Waals surface area (Å²) in [7, 11) is -0.0354. The maximum absolute atomic E-state index is 12.9. The Morgan fingerprint density at radius 2 is 1.92 bits per heavy atom. The highest BCUT2D eigenvalue weighted by molar-refractivity contribution is 7.85. The van der Waals surface area contributed by atoms with E-state index in [4.69, 9.17) is 23.2 Å². The molecule has 0 saturated heterocycles. The molecule has 1 aromatic heterocycles. The van der Waals surface area contributed by atoms with E-state index in [2.05, 4.69) is 10.4 Å². The molecule has 1 heterocycles. The van der Waals surface area contributed by atoms with Crippen molar-refractivity contribution in [2.24, 2.45) is 0 Å². The predicted octanol–water partition coefficient (Wildman–Crippen LogP) is 4.24. The number of nitrogens with one attached hydrogen (secondary N) is 1. The Labute approximate surface area is 153 Å². The summed E-state index contributed by atoms with van der Waals surface area (Å²) in [5, 5.41) is 15.4. The van der Waals surface area contributed by atoms with Crippen LogP contribution in [-0.4, -0.2) is 26.8 Å². The number of halogens is 5. The van der Waals surface area contributed by atoms with E-state index in [1.54, 1.807) is 6.92 Å². The second-order valence-electron chi connectivity index (χ2n) is 4.72. The van der Waals surface area contributed by atoms with Gasteiger partial charge in [-0.25, -0.2) is 4.68 Å². The summed E-state index contributed by atoms with van der Waals surface area (Å²) in [5.41, 5.74) is -1.18. The van der Waals surface area contributed by atoms with E-state index in [9.17, 15) is 22.6 Å². The van der Waals surface area contributed by atoms with Crippen LogP contribution in [0.4, 0.5) is 19.0 Å². The van der Waals surface area contributed by atoms with E-state index in [0.29, 0.717) is 12.1 Å². The minimum atomic E-state index is -4.62. The fourth-order valence-electron chi connectivity index (χ4n) is 2.15. The third-order valence-electron chi connectivity index (χ3n) is 3.23. The maximum atomic E-state index is 12.9. The molecule has 134 valence electrons. The van der Waals surface area contributed by atoms with Gasteiger partial charge in [0.15, 0.2) is 5.69 Å². The lowest BCUT2D eigenvalue weighted by atomic mass is 10.2. The smallest absolute Gasteiger partial charge is 0.372 e. The molecule has 0 radical (unpaired) electrons. The highest BCUT2D eigenvalue weighted by Gasteiger charge is 2.33. The average Bonchev–Trinajstić information content (AvgIpc) is 2.90. The highest BCUT2D eigenvalue weighted by atomic mass is 35.5. The van der Waals surface area contributed by atoms with Gasteiger partial charge in [0.2, 0.25) is 0 Å². The molecule has 1 aromatic carbocycles. The zero-order valence-corrected chi connectivity index (χ0v) is 15.2. The van der Waals surface area contributed by atoms with Gasteiger partial charge in [0.25, 0.3) is 0 Å². The predicted molar refractivity (Wildman–Crippen MR) is 89.8 cm³/mol. The van der Waals surface area contributed by atoms with Crippen molar-refractivity contribution in [3.05, 3.63) is 33.4 Å². The second-order valence-corrected chi connectivity index (χ2v) is 7.21. The topological polar surface area (TPSA) is 70.7 Å². The van der Waals surface area contributed by atoms with E-state index < -0.39 is 22.5 Å². The molecule has 0 aliphatic carbocycles. The summed E-state index contributed by atoms with van der Waals surface area (Å²) in [4.78, 5) is 0.138. The fourth-order valence-corrected chi connectivity index (χ4v) is 3.79. The molecular weight excluding hydrogens is 400 g/mol. The molecule has 0 saturated carbocycles. The number of hydrogen-bond acceptors (Lipinski definition) is 4. The van der Waals surface area contributed by atoms with Gasteiger partial charge in [-0.3, -0.25) is 4.21 Å². The third kappa shape index (κ3) is 3.61. The van der Waals surface area contributed by atoms with Crippen LogP contribution in [0.2, 0.25) is 10.0 Å². The van der Waals surface area contributed by atoms with Gasteiger partial charge in [0.1, 0.15) is 22.5 Å².